The first kappa shape index (κ1) is 11.1. The second-order valence-electron chi connectivity index (χ2n) is 3.57. The molecule has 17 heavy (non-hydrogen) atoms. The van der Waals surface area contributed by atoms with Crippen LogP contribution in [0.4, 0.5) is 0 Å². The predicted molar refractivity (Wildman–Crippen MR) is 69.5 cm³/mol. The van der Waals surface area contributed by atoms with E-state index in [2.05, 4.69) is 46.1 Å². The summed E-state index contributed by atoms with van der Waals surface area (Å²) in [7, 11) is 0. The summed E-state index contributed by atoms with van der Waals surface area (Å²) in [5.41, 5.74) is 9.10. The molecule has 0 bridgehead atoms. The molecule has 0 spiro atoms. The van der Waals surface area contributed by atoms with E-state index in [0.717, 1.165) is 5.56 Å². The van der Waals surface area contributed by atoms with Crippen LogP contribution in [0.15, 0.2) is 47.6 Å². The van der Waals surface area contributed by atoms with Crippen molar-refractivity contribution in [1.82, 2.24) is 0 Å². The van der Waals surface area contributed by atoms with Crippen LogP contribution in [0.25, 0.3) is 21.2 Å². The largest absolute Gasteiger partial charge is 0.0978 e. The summed E-state index contributed by atoms with van der Waals surface area (Å²) in [4.78, 5) is 2.68. The van der Waals surface area contributed by atoms with E-state index in [1.807, 2.05) is 18.2 Å². The zero-order valence-electron chi connectivity index (χ0n) is 9.30. The van der Waals surface area contributed by atoms with Crippen molar-refractivity contribution in [3.05, 3.63) is 58.5 Å². The van der Waals surface area contributed by atoms with E-state index in [9.17, 15) is 0 Å². The second-order valence-corrected chi connectivity index (χ2v) is 3.57. The molecule has 3 nitrogen and oxygen atoms in total. The van der Waals surface area contributed by atoms with Crippen molar-refractivity contribution in [1.29, 1.82) is 0 Å². The fourth-order valence-electron chi connectivity index (χ4n) is 1.58. The lowest BCUT2D eigenvalue weighted by Gasteiger charge is -1.97. The van der Waals surface area contributed by atoms with Crippen LogP contribution in [0, 0.1) is 11.8 Å². The SMILES string of the molecule is [N-]=[N+]=NCCC#Cc1ccc2ccccc2c1. The maximum absolute atomic E-state index is 8.11. The highest BCUT2D eigenvalue weighted by Crippen LogP contribution is 2.14. The molecule has 2 rings (SSSR count). The molecule has 0 aliphatic heterocycles. The number of azide groups is 1. The number of hydrogen-bond acceptors (Lipinski definition) is 1. The van der Waals surface area contributed by atoms with Gasteiger partial charge in [0.25, 0.3) is 0 Å². The van der Waals surface area contributed by atoms with Crippen molar-refractivity contribution in [3.63, 3.8) is 0 Å². The lowest BCUT2D eigenvalue weighted by atomic mass is 10.1. The highest BCUT2D eigenvalue weighted by molar-refractivity contribution is 5.83. The molecule has 0 heterocycles. The first-order valence-corrected chi connectivity index (χ1v) is 5.39. The highest BCUT2D eigenvalue weighted by Gasteiger charge is 1.92. The molecule has 0 aliphatic carbocycles. The summed E-state index contributed by atoms with van der Waals surface area (Å²) < 4.78 is 0. The van der Waals surface area contributed by atoms with Crippen LogP contribution in [-0.2, 0) is 0 Å². The van der Waals surface area contributed by atoms with E-state index < -0.39 is 0 Å². The molecule has 82 valence electrons. The van der Waals surface area contributed by atoms with Crippen molar-refractivity contribution in [3.8, 4) is 11.8 Å². The van der Waals surface area contributed by atoms with Gasteiger partial charge in [-0.15, -0.1) is 0 Å². The molecule has 2 aromatic carbocycles. The Balaban J connectivity index is 2.16. The Kier molecular flexibility index (Phi) is 3.64. The second kappa shape index (κ2) is 5.60. The third-order valence-corrected chi connectivity index (χ3v) is 2.38. The normalized spacial score (nSPS) is 9.18. The predicted octanol–water partition coefficient (Wildman–Crippen LogP) is 3.89. The third kappa shape index (κ3) is 3.01. The van der Waals surface area contributed by atoms with Crippen LogP contribution >= 0.6 is 0 Å². The molecule has 0 radical (unpaired) electrons. The Hall–Kier alpha value is -2.43. The Labute approximate surface area is 99.7 Å². The molecule has 3 heteroatoms. The molecule has 0 amide bonds. The van der Waals surface area contributed by atoms with Gasteiger partial charge in [-0.05, 0) is 28.4 Å². The van der Waals surface area contributed by atoms with E-state index in [4.69, 9.17) is 5.53 Å². The standard InChI is InChI=1S/C14H11N3/c15-17-16-10-4-3-5-12-8-9-13-6-1-2-7-14(13)11-12/h1-2,6-9,11H,4,10H2. The number of fused-ring (bicyclic) bond motifs is 1. The first-order chi connectivity index (χ1) is 8.40. The summed E-state index contributed by atoms with van der Waals surface area (Å²) in [5.74, 6) is 6.05. The maximum Gasteiger partial charge on any atom is 0.0367 e. The van der Waals surface area contributed by atoms with Gasteiger partial charge < -0.3 is 0 Å². The number of rotatable bonds is 2. The number of nitrogens with zero attached hydrogens (tertiary/aromatic N) is 3. The van der Waals surface area contributed by atoms with Crippen LogP contribution in [0.1, 0.15) is 12.0 Å². The van der Waals surface area contributed by atoms with E-state index in [0.29, 0.717) is 13.0 Å². The van der Waals surface area contributed by atoms with Gasteiger partial charge >= 0.3 is 0 Å². The molecule has 0 fully saturated rings. The van der Waals surface area contributed by atoms with E-state index in [-0.39, 0.29) is 0 Å². The summed E-state index contributed by atoms with van der Waals surface area (Å²) in [6.45, 7) is 0.428. The molecule has 0 saturated carbocycles. The van der Waals surface area contributed by atoms with Gasteiger partial charge in [0.15, 0.2) is 0 Å². The summed E-state index contributed by atoms with van der Waals surface area (Å²) in [6, 6.07) is 14.3. The molecule has 0 N–H and O–H groups in total. The maximum atomic E-state index is 8.11. The minimum absolute atomic E-state index is 0.428. The molecule has 0 saturated heterocycles. The van der Waals surface area contributed by atoms with E-state index in [1.165, 1.54) is 10.8 Å². The van der Waals surface area contributed by atoms with Crippen molar-refractivity contribution in [2.75, 3.05) is 6.54 Å². The molecule has 2 aromatic rings. The molecule has 0 aliphatic rings. The molecular formula is C14H11N3. The van der Waals surface area contributed by atoms with Gasteiger partial charge in [-0.25, -0.2) is 0 Å². The quantitative estimate of drug-likeness (QED) is 0.243. The minimum atomic E-state index is 0.428. The highest BCUT2D eigenvalue weighted by atomic mass is 15.1. The average molecular weight is 221 g/mol. The summed E-state index contributed by atoms with van der Waals surface area (Å²) >= 11 is 0. The number of benzene rings is 2. The Bertz CT molecular complexity index is 628. The van der Waals surface area contributed by atoms with Crippen LogP contribution in [0.5, 0.6) is 0 Å². The van der Waals surface area contributed by atoms with Crippen LogP contribution < -0.4 is 0 Å². The van der Waals surface area contributed by atoms with Crippen LogP contribution in [0.2, 0.25) is 0 Å². The third-order valence-electron chi connectivity index (χ3n) is 2.38. The zero-order valence-corrected chi connectivity index (χ0v) is 9.30. The van der Waals surface area contributed by atoms with Gasteiger partial charge in [0.05, 0.1) is 0 Å². The summed E-state index contributed by atoms with van der Waals surface area (Å²) in [6.07, 6.45) is 0.594. The molecular weight excluding hydrogens is 210 g/mol. The van der Waals surface area contributed by atoms with Gasteiger partial charge in [0.2, 0.25) is 0 Å². The Morgan fingerprint density at radius 2 is 1.94 bits per heavy atom. The van der Waals surface area contributed by atoms with Crippen molar-refractivity contribution in [2.24, 2.45) is 5.11 Å². The Morgan fingerprint density at radius 3 is 2.76 bits per heavy atom. The van der Waals surface area contributed by atoms with Crippen molar-refractivity contribution >= 4 is 10.8 Å². The fraction of sp³-hybridized carbons (Fsp3) is 0.143. The fourth-order valence-corrected chi connectivity index (χ4v) is 1.58. The number of hydrogen-bond donors (Lipinski definition) is 0. The van der Waals surface area contributed by atoms with Gasteiger partial charge in [0.1, 0.15) is 0 Å². The van der Waals surface area contributed by atoms with Gasteiger partial charge in [-0.2, -0.15) is 0 Å². The first-order valence-electron chi connectivity index (χ1n) is 5.39. The van der Waals surface area contributed by atoms with Crippen molar-refractivity contribution in [2.45, 2.75) is 6.42 Å². The Morgan fingerprint density at radius 1 is 1.12 bits per heavy atom. The lowest BCUT2D eigenvalue weighted by molar-refractivity contribution is 1.01. The van der Waals surface area contributed by atoms with Gasteiger partial charge in [-0.3, -0.25) is 0 Å². The minimum Gasteiger partial charge on any atom is -0.0978 e. The molecule has 0 atom stereocenters. The smallest absolute Gasteiger partial charge is 0.0367 e. The lowest BCUT2D eigenvalue weighted by Crippen LogP contribution is -1.78. The van der Waals surface area contributed by atoms with E-state index in [1.54, 1.807) is 0 Å². The molecule has 0 unspecified atom stereocenters. The average Bonchev–Trinajstić information content (AvgIpc) is 2.38. The van der Waals surface area contributed by atoms with Gasteiger partial charge in [0, 0.05) is 23.4 Å². The summed E-state index contributed by atoms with van der Waals surface area (Å²) in [5, 5.41) is 5.84. The molecule has 0 aromatic heterocycles. The topological polar surface area (TPSA) is 48.8 Å². The van der Waals surface area contributed by atoms with Crippen molar-refractivity contribution < 1.29 is 0 Å². The van der Waals surface area contributed by atoms with Gasteiger partial charge in [-0.1, -0.05) is 47.3 Å². The van der Waals surface area contributed by atoms with Crippen LogP contribution in [-0.4, -0.2) is 6.54 Å². The zero-order chi connectivity index (χ0) is 11.9. The van der Waals surface area contributed by atoms with Crippen LogP contribution in [0.3, 0.4) is 0 Å². The van der Waals surface area contributed by atoms with E-state index >= 15 is 0 Å². The monoisotopic (exact) mass is 221 g/mol.